The Labute approximate surface area is 255 Å². The Hall–Kier alpha value is -0.746. The van der Waals surface area contributed by atoms with Crippen molar-refractivity contribution in [3.63, 3.8) is 0 Å². The Kier molecular flexibility index (Phi) is 15.9. The van der Waals surface area contributed by atoms with Crippen LogP contribution in [0.4, 0.5) is 0 Å². The van der Waals surface area contributed by atoms with Gasteiger partial charge in [-0.3, -0.25) is 0 Å². The van der Waals surface area contributed by atoms with Crippen LogP contribution in [0.3, 0.4) is 0 Å². The zero-order valence-electron chi connectivity index (χ0n) is 24.8. The van der Waals surface area contributed by atoms with Crippen LogP contribution < -0.4 is 0 Å². The third-order valence-electron chi connectivity index (χ3n) is 5.38. The summed E-state index contributed by atoms with van der Waals surface area (Å²) >= 11 is -0.826. The van der Waals surface area contributed by atoms with Gasteiger partial charge in [0.15, 0.2) is 0 Å². The molecular formula is C32H44Cl2Si3Zr. The minimum absolute atomic E-state index is 0.826. The number of fused-ring (bicyclic) bond motifs is 2. The number of benzene rings is 2. The van der Waals surface area contributed by atoms with Crippen molar-refractivity contribution in [2.75, 3.05) is 0 Å². The Bertz CT molecular complexity index is 1200. The van der Waals surface area contributed by atoms with E-state index in [9.17, 15) is 0 Å². The molecule has 0 N–H and O–H groups in total. The van der Waals surface area contributed by atoms with Gasteiger partial charge in [-0.2, -0.15) is 12.1 Å². The number of halogens is 2. The summed E-state index contributed by atoms with van der Waals surface area (Å²) in [6.07, 6.45) is 4.60. The second-order valence-corrected chi connectivity index (χ2v) is 26.6. The summed E-state index contributed by atoms with van der Waals surface area (Å²) in [5.41, 5.74) is 10.2. The SMILES string of the molecule is C[Si]C.Cc1cc2c(C=C[Si](C)(C)C)cccc2[cH-]1.Cc1cc2c(C=C[Si](C)(C)C)cccc2[cH-]1.[Cl][Zr+2][Cl]. The van der Waals surface area contributed by atoms with Crippen molar-refractivity contribution >= 4 is 76.4 Å². The van der Waals surface area contributed by atoms with Crippen molar-refractivity contribution in [3.8, 4) is 0 Å². The topological polar surface area (TPSA) is 0 Å². The molecule has 0 nitrogen and oxygen atoms in total. The zero-order chi connectivity index (χ0) is 28.9. The molecule has 0 aliphatic heterocycles. The Balaban J connectivity index is 0.000000315. The fourth-order valence-electron chi connectivity index (χ4n) is 3.79. The molecule has 6 heteroatoms. The third-order valence-corrected chi connectivity index (χ3v) is 7.72. The van der Waals surface area contributed by atoms with Gasteiger partial charge in [-0.15, -0.1) is 69.1 Å². The van der Waals surface area contributed by atoms with Crippen LogP contribution in [0.5, 0.6) is 0 Å². The van der Waals surface area contributed by atoms with Crippen molar-refractivity contribution in [2.24, 2.45) is 0 Å². The van der Waals surface area contributed by atoms with Crippen molar-refractivity contribution in [1.29, 1.82) is 0 Å². The zero-order valence-corrected chi connectivity index (χ0v) is 31.8. The number of rotatable bonds is 4. The summed E-state index contributed by atoms with van der Waals surface area (Å²) in [6, 6.07) is 22.1. The van der Waals surface area contributed by atoms with Gasteiger partial charge in [0, 0.05) is 9.52 Å². The molecule has 0 aliphatic rings. The first-order valence-corrected chi connectivity index (χ1v) is 28.5. The van der Waals surface area contributed by atoms with E-state index in [0.717, 1.165) is 9.52 Å². The molecular weight excluding hydrogens is 631 g/mol. The molecule has 0 bridgehead atoms. The van der Waals surface area contributed by atoms with Crippen LogP contribution in [0.2, 0.25) is 52.4 Å². The first-order valence-electron chi connectivity index (χ1n) is 13.0. The van der Waals surface area contributed by atoms with Crippen molar-refractivity contribution in [2.45, 2.75) is 66.2 Å². The van der Waals surface area contributed by atoms with Gasteiger partial charge < -0.3 is 0 Å². The van der Waals surface area contributed by atoms with E-state index >= 15 is 0 Å². The van der Waals surface area contributed by atoms with E-state index in [1.54, 1.807) is 0 Å². The molecule has 0 atom stereocenters. The number of aryl methyl sites for hydroxylation is 2. The second-order valence-electron chi connectivity index (χ2n) is 11.7. The predicted octanol–water partition coefficient (Wildman–Crippen LogP) is 11.7. The minimum atomic E-state index is -1.10. The predicted molar refractivity (Wildman–Crippen MR) is 183 cm³/mol. The molecule has 0 saturated heterocycles. The van der Waals surface area contributed by atoms with Crippen LogP contribution in [0, 0.1) is 13.8 Å². The van der Waals surface area contributed by atoms with Gasteiger partial charge in [0.1, 0.15) is 0 Å². The van der Waals surface area contributed by atoms with Crippen molar-refractivity contribution < 1.29 is 20.8 Å². The maximum absolute atomic E-state index is 4.93. The summed E-state index contributed by atoms with van der Waals surface area (Å²) in [7, 11) is 8.75. The molecule has 0 heterocycles. The first kappa shape index (κ1) is 35.3. The average molecular weight is 675 g/mol. The third kappa shape index (κ3) is 13.5. The Morgan fingerprint density at radius 2 is 1.00 bits per heavy atom. The summed E-state index contributed by atoms with van der Waals surface area (Å²) < 4.78 is 0. The molecule has 4 aromatic carbocycles. The summed E-state index contributed by atoms with van der Waals surface area (Å²) in [5, 5.41) is 5.48. The standard InChI is InChI=1S/2C15H19Si.C2H6Si.2ClH.Zr/c2*1-12-10-14-7-5-6-13(15(14)11-12)8-9-16(2,3)4;1-3-2;;;/h2*5-11H,1-4H3;1-2H3;2*1H;/q2*-1;;;;+4/p-2. The molecule has 4 aromatic rings. The van der Waals surface area contributed by atoms with Gasteiger partial charge in [0.2, 0.25) is 0 Å². The van der Waals surface area contributed by atoms with Crippen molar-refractivity contribution in [1.82, 2.24) is 0 Å². The molecule has 0 unspecified atom stereocenters. The van der Waals surface area contributed by atoms with E-state index in [-0.39, 0.29) is 0 Å². The van der Waals surface area contributed by atoms with Gasteiger partial charge in [-0.1, -0.05) is 113 Å². The van der Waals surface area contributed by atoms with Gasteiger partial charge in [0.25, 0.3) is 0 Å². The van der Waals surface area contributed by atoms with E-state index in [4.69, 9.17) is 17.0 Å². The van der Waals surface area contributed by atoms with E-state index in [0.29, 0.717) is 0 Å². The Morgan fingerprint density at radius 1 is 0.684 bits per heavy atom. The summed E-state index contributed by atoms with van der Waals surface area (Å²) in [5.74, 6) is 0. The summed E-state index contributed by atoms with van der Waals surface area (Å²) in [4.78, 5) is 0. The molecule has 38 heavy (non-hydrogen) atoms. The van der Waals surface area contributed by atoms with Gasteiger partial charge in [-0.05, 0) is 0 Å². The molecule has 0 fully saturated rings. The van der Waals surface area contributed by atoms with E-state index < -0.39 is 37.0 Å². The number of hydrogen-bond acceptors (Lipinski definition) is 0. The van der Waals surface area contributed by atoms with Crippen LogP contribution in [-0.4, -0.2) is 25.7 Å². The van der Waals surface area contributed by atoms with E-state index in [1.807, 2.05) is 0 Å². The van der Waals surface area contributed by atoms with E-state index in [1.165, 1.54) is 43.8 Å². The molecule has 0 amide bonds. The second kappa shape index (κ2) is 17.2. The Morgan fingerprint density at radius 3 is 1.29 bits per heavy atom. The van der Waals surface area contributed by atoms with Gasteiger partial charge >= 0.3 is 37.9 Å². The van der Waals surface area contributed by atoms with Crippen LogP contribution in [0.15, 0.2) is 72.1 Å². The molecule has 4 rings (SSSR count). The van der Waals surface area contributed by atoms with Crippen LogP contribution >= 0.6 is 17.0 Å². The average Bonchev–Trinajstić information content (AvgIpc) is 3.38. The quantitative estimate of drug-likeness (QED) is 0.149. The molecule has 0 spiro atoms. The maximum atomic E-state index is 4.93. The first-order chi connectivity index (χ1) is 17.7. The normalized spacial score (nSPS) is 11.5. The molecule has 202 valence electrons. The summed E-state index contributed by atoms with van der Waals surface area (Å²) in [6.45, 7) is 22.8. The molecule has 0 saturated carbocycles. The number of hydrogen-bond donors (Lipinski definition) is 0. The molecule has 0 aliphatic carbocycles. The van der Waals surface area contributed by atoms with Gasteiger partial charge in [-0.25, -0.2) is 0 Å². The molecule has 2 radical (unpaired) electrons. The van der Waals surface area contributed by atoms with Crippen LogP contribution in [0.1, 0.15) is 22.3 Å². The fourth-order valence-corrected chi connectivity index (χ4v) is 5.15. The fraction of sp³-hybridized carbons (Fsp3) is 0.312. The van der Waals surface area contributed by atoms with Crippen LogP contribution in [-0.2, 0) is 20.8 Å². The monoisotopic (exact) mass is 672 g/mol. The van der Waals surface area contributed by atoms with Gasteiger partial charge in [0.05, 0.1) is 16.1 Å². The van der Waals surface area contributed by atoms with E-state index in [2.05, 4.69) is 150 Å². The van der Waals surface area contributed by atoms with Crippen molar-refractivity contribution in [3.05, 3.63) is 94.3 Å². The van der Waals surface area contributed by atoms with Crippen LogP contribution in [0.25, 0.3) is 33.7 Å². The molecule has 0 aromatic heterocycles.